The highest BCUT2D eigenvalue weighted by Gasteiger charge is 2.17. The summed E-state index contributed by atoms with van der Waals surface area (Å²) in [5.74, 6) is 0.293. The van der Waals surface area contributed by atoms with Gasteiger partial charge in [0.1, 0.15) is 6.33 Å². The van der Waals surface area contributed by atoms with Gasteiger partial charge in [-0.05, 0) is 15.9 Å². The van der Waals surface area contributed by atoms with E-state index in [4.69, 9.17) is 27.9 Å². The molecule has 19 heavy (non-hydrogen) atoms. The Morgan fingerprint density at radius 3 is 2.47 bits per heavy atom. The van der Waals surface area contributed by atoms with Gasteiger partial charge in [-0.25, -0.2) is 9.97 Å². The third kappa shape index (κ3) is 3.12. The molecule has 2 rings (SSSR count). The lowest BCUT2D eigenvalue weighted by Gasteiger charge is -2.09. The van der Waals surface area contributed by atoms with E-state index in [0.29, 0.717) is 4.47 Å². The van der Waals surface area contributed by atoms with Gasteiger partial charge in [0.2, 0.25) is 5.88 Å². The lowest BCUT2D eigenvalue weighted by molar-refractivity contribution is -0.384. The molecule has 0 aliphatic rings. The summed E-state index contributed by atoms with van der Waals surface area (Å²) in [6.45, 7) is 0. The van der Waals surface area contributed by atoms with Crippen molar-refractivity contribution in [3.05, 3.63) is 49.3 Å². The van der Waals surface area contributed by atoms with E-state index < -0.39 is 4.92 Å². The molecule has 0 aliphatic heterocycles. The number of halogens is 3. The third-order valence-electron chi connectivity index (χ3n) is 2.03. The van der Waals surface area contributed by atoms with Crippen molar-refractivity contribution in [2.45, 2.75) is 0 Å². The number of hydrogen-bond donors (Lipinski definition) is 0. The van der Waals surface area contributed by atoms with Crippen LogP contribution in [0.1, 0.15) is 0 Å². The minimum absolute atomic E-state index is 0.0183. The van der Waals surface area contributed by atoms with Crippen LogP contribution >= 0.6 is 39.1 Å². The zero-order valence-electron chi connectivity index (χ0n) is 9.01. The van der Waals surface area contributed by atoms with Crippen molar-refractivity contribution < 1.29 is 9.66 Å². The topological polar surface area (TPSA) is 78.2 Å². The fraction of sp³-hybridized carbons (Fsp3) is 0. The number of benzene rings is 1. The van der Waals surface area contributed by atoms with E-state index in [9.17, 15) is 10.1 Å². The van der Waals surface area contributed by atoms with Crippen molar-refractivity contribution in [2.75, 3.05) is 0 Å². The van der Waals surface area contributed by atoms with E-state index >= 15 is 0 Å². The summed E-state index contributed by atoms with van der Waals surface area (Å²) in [6.07, 6.45) is 2.77. The average Bonchev–Trinajstić information content (AvgIpc) is 2.35. The number of non-ortho nitro benzene ring substituents is 1. The average molecular weight is 365 g/mol. The van der Waals surface area contributed by atoms with Gasteiger partial charge in [0.15, 0.2) is 5.75 Å². The van der Waals surface area contributed by atoms with Crippen LogP contribution in [0.3, 0.4) is 0 Å². The molecule has 6 nitrogen and oxygen atoms in total. The highest BCUT2D eigenvalue weighted by molar-refractivity contribution is 9.10. The molecule has 0 fully saturated rings. The Bertz CT molecular complexity index is 631. The van der Waals surface area contributed by atoms with Crippen LogP contribution in [0, 0.1) is 10.1 Å². The Morgan fingerprint density at radius 1 is 1.32 bits per heavy atom. The number of aromatic nitrogens is 2. The highest BCUT2D eigenvalue weighted by Crippen LogP contribution is 2.40. The van der Waals surface area contributed by atoms with Gasteiger partial charge < -0.3 is 4.74 Å². The molecule has 0 unspecified atom stereocenters. The number of rotatable bonds is 3. The van der Waals surface area contributed by atoms with Crippen molar-refractivity contribution in [1.29, 1.82) is 0 Å². The summed E-state index contributed by atoms with van der Waals surface area (Å²) in [4.78, 5) is 17.7. The molecule has 0 aliphatic carbocycles. The number of ether oxygens (including phenoxy) is 1. The molecule has 1 aromatic heterocycles. The zero-order valence-corrected chi connectivity index (χ0v) is 12.1. The maximum absolute atomic E-state index is 10.6. The molecular formula is C10H4BrCl2N3O3. The largest absolute Gasteiger partial charge is 0.435 e. The molecule has 9 heteroatoms. The van der Waals surface area contributed by atoms with Crippen LogP contribution in [0.2, 0.25) is 10.0 Å². The standard InChI is InChI=1S/C10H4BrCl2N3O3/c11-6-3-14-4-15-10(6)19-9-7(12)1-5(16(17)18)2-8(9)13/h1-4H. The Balaban J connectivity index is 2.42. The Hall–Kier alpha value is -1.44. The van der Waals surface area contributed by atoms with Gasteiger partial charge in [0.25, 0.3) is 5.69 Å². The second-order valence-corrected chi connectivity index (χ2v) is 4.94. The zero-order chi connectivity index (χ0) is 14.0. The molecule has 0 atom stereocenters. The first-order valence-corrected chi connectivity index (χ1v) is 6.30. The van der Waals surface area contributed by atoms with Crippen LogP contribution < -0.4 is 4.74 Å². The van der Waals surface area contributed by atoms with Crippen LogP contribution in [-0.4, -0.2) is 14.9 Å². The molecule has 2 aromatic rings. The van der Waals surface area contributed by atoms with E-state index in [1.54, 1.807) is 0 Å². The van der Waals surface area contributed by atoms with Gasteiger partial charge in [-0.2, -0.15) is 0 Å². The Morgan fingerprint density at radius 2 is 1.95 bits per heavy atom. The molecule has 1 heterocycles. The van der Waals surface area contributed by atoms with Crippen molar-refractivity contribution >= 4 is 44.8 Å². The van der Waals surface area contributed by atoms with E-state index in [1.165, 1.54) is 12.5 Å². The first-order valence-electron chi connectivity index (χ1n) is 4.76. The van der Waals surface area contributed by atoms with E-state index in [2.05, 4.69) is 25.9 Å². The minimum atomic E-state index is -0.595. The summed E-state index contributed by atoms with van der Waals surface area (Å²) in [5, 5.41) is 10.7. The SMILES string of the molecule is O=[N+]([O-])c1cc(Cl)c(Oc2ncncc2Br)c(Cl)c1. The van der Waals surface area contributed by atoms with Crippen molar-refractivity contribution in [3.8, 4) is 11.6 Å². The second kappa shape index (κ2) is 5.68. The Kier molecular flexibility index (Phi) is 4.18. The van der Waals surface area contributed by atoms with Gasteiger partial charge in [0.05, 0.1) is 19.4 Å². The number of hydrogen-bond acceptors (Lipinski definition) is 5. The summed E-state index contributed by atoms with van der Waals surface area (Å²) in [7, 11) is 0. The first kappa shape index (κ1) is 14.0. The summed E-state index contributed by atoms with van der Waals surface area (Å²) >= 11 is 15.0. The van der Waals surface area contributed by atoms with Crippen LogP contribution in [0.15, 0.2) is 29.1 Å². The minimum Gasteiger partial charge on any atom is -0.435 e. The smallest absolute Gasteiger partial charge is 0.272 e. The van der Waals surface area contributed by atoms with Crippen molar-refractivity contribution in [2.24, 2.45) is 0 Å². The molecule has 0 spiro atoms. The van der Waals surface area contributed by atoms with E-state index in [1.807, 2.05) is 0 Å². The fourth-order valence-electron chi connectivity index (χ4n) is 1.22. The number of nitro benzene ring substituents is 1. The van der Waals surface area contributed by atoms with E-state index in [-0.39, 0.29) is 27.4 Å². The van der Waals surface area contributed by atoms with Gasteiger partial charge in [-0.15, -0.1) is 0 Å². The summed E-state index contributed by atoms with van der Waals surface area (Å²) in [5.41, 5.74) is -0.218. The fourth-order valence-corrected chi connectivity index (χ4v) is 2.08. The van der Waals surface area contributed by atoms with Crippen molar-refractivity contribution in [3.63, 3.8) is 0 Å². The number of nitrogens with zero attached hydrogens (tertiary/aromatic N) is 3. The van der Waals surface area contributed by atoms with Gasteiger partial charge >= 0.3 is 0 Å². The molecule has 0 amide bonds. The normalized spacial score (nSPS) is 10.3. The molecule has 0 saturated carbocycles. The highest BCUT2D eigenvalue weighted by atomic mass is 79.9. The molecular weight excluding hydrogens is 361 g/mol. The number of nitro groups is 1. The molecule has 0 bridgehead atoms. The molecule has 98 valence electrons. The monoisotopic (exact) mass is 363 g/mol. The van der Waals surface area contributed by atoms with Crippen molar-refractivity contribution in [1.82, 2.24) is 9.97 Å². The quantitative estimate of drug-likeness (QED) is 0.601. The third-order valence-corrected chi connectivity index (χ3v) is 3.13. The molecule has 0 radical (unpaired) electrons. The first-order chi connectivity index (χ1) is 8.99. The molecule has 1 aromatic carbocycles. The molecule has 0 N–H and O–H groups in total. The van der Waals surface area contributed by atoms with Crippen LogP contribution in [0.4, 0.5) is 5.69 Å². The van der Waals surface area contributed by atoms with Gasteiger partial charge in [-0.1, -0.05) is 23.2 Å². The van der Waals surface area contributed by atoms with Gasteiger partial charge in [0, 0.05) is 18.3 Å². The lowest BCUT2D eigenvalue weighted by Crippen LogP contribution is -1.94. The summed E-state index contributed by atoms with van der Waals surface area (Å²) in [6, 6.07) is 2.30. The maximum atomic E-state index is 10.6. The Labute approximate surface area is 125 Å². The van der Waals surface area contributed by atoms with Crippen LogP contribution in [0.5, 0.6) is 11.6 Å². The maximum Gasteiger partial charge on any atom is 0.272 e. The second-order valence-electron chi connectivity index (χ2n) is 3.27. The van der Waals surface area contributed by atoms with E-state index in [0.717, 1.165) is 12.1 Å². The predicted octanol–water partition coefficient (Wildman–Crippen LogP) is 4.25. The van der Waals surface area contributed by atoms with Crippen LogP contribution in [0.25, 0.3) is 0 Å². The van der Waals surface area contributed by atoms with Gasteiger partial charge in [-0.3, -0.25) is 10.1 Å². The molecule has 0 saturated heterocycles. The summed E-state index contributed by atoms with van der Waals surface area (Å²) < 4.78 is 5.92. The predicted molar refractivity (Wildman–Crippen MR) is 72.9 cm³/mol. The van der Waals surface area contributed by atoms with Crippen LogP contribution in [-0.2, 0) is 0 Å². The lowest BCUT2D eigenvalue weighted by atomic mass is 10.3.